The van der Waals surface area contributed by atoms with Crippen molar-refractivity contribution in [2.24, 2.45) is 7.05 Å². The van der Waals surface area contributed by atoms with Gasteiger partial charge in [0, 0.05) is 38.1 Å². The summed E-state index contributed by atoms with van der Waals surface area (Å²) in [5, 5.41) is 11.0. The molecule has 0 aliphatic carbocycles. The average Bonchev–Trinajstić information content (AvgIpc) is 3.03. The summed E-state index contributed by atoms with van der Waals surface area (Å²) in [7, 11) is 0.0673. The Morgan fingerprint density at radius 3 is 2.70 bits per heavy atom. The van der Waals surface area contributed by atoms with Crippen LogP contribution in [0.2, 0.25) is 0 Å². The molecule has 0 radical (unpaired) electrons. The second-order valence-electron chi connectivity index (χ2n) is 4.39. The number of rotatable bonds is 7. The summed E-state index contributed by atoms with van der Waals surface area (Å²) in [6, 6.07) is 0. The number of likely N-dealkylation sites (N-methyl/N-ethyl adjacent to an activating group) is 1. The van der Waals surface area contributed by atoms with Gasteiger partial charge in [0.25, 0.3) is 0 Å². The first-order valence-electron chi connectivity index (χ1n) is 6.15. The predicted octanol–water partition coefficient (Wildman–Crippen LogP) is -0.685. The second kappa shape index (κ2) is 6.16. The van der Waals surface area contributed by atoms with Gasteiger partial charge >= 0.3 is 0 Å². The molecule has 2 rings (SSSR count). The Hall–Kier alpha value is -1.71. The summed E-state index contributed by atoms with van der Waals surface area (Å²) < 4.78 is 29.9. The van der Waals surface area contributed by atoms with E-state index in [1.165, 1.54) is 12.4 Å². The highest BCUT2D eigenvalue weighted by molar-refractivity contribution is 7.89. The molecule has 0 spiro atoms. The van der Waals surface area contributed by atoms with Gasteiger partial charge in [-0.05, 0) is 7.05 Å². The van der Waals surface area contributed by atoms with Gasteiger partial charge in [-0.1, -0.05) is 0 Å². The molecular weight excluding hydrogens is 280 g/mol. The normalized spacial score (nSPS) is 11.9. The van der Waals surface area contributed by atoms with Crippen LogP contribution in [0.4, 0.5) is 0 Å². The smallest absolute Gasteiger partial charge is 0.243 e. The quantitative estimate of drug-likeness (QED) is 0.706. The summed E-state index contributed by atoms with van der Waals surface area (Å²) in [4.78, 5) is 0.164. The van der Waals surface area contributed by atoms with Crippen molar-refractivity contribution in [3.63, 3.8) is 0 Å². The fourth-order valence-electron chi connectivity index (χ4n) is 1.66. The predicted molar refractivity (Wildman–Crippen MR) is 73.4 cm³/mol. The van der Waals surface area contributed by atoms with Gasteiger partial charge in [0.2, 0.25) is 10.0 Å². The molecule has 0 bridgehead atoms. The molecule has 20 heavy (non-hydrogen) atoms. The van der Waals surface area contributed by atoms with Crippen LogP contribution in [0.25, 0.3) is 0 Å². The number of nitrogens with one attached hydrogen (secondary N) is 2. The molecule has 0 aromatic carbocycles. The SMILES string of the molecule is CNCCn1cc(S(=O)(=O)NCc2cnn(C)c2)cn1. The number of hydrogen-bond donors (Lipinski definition) is 2. The summed E-state index contributed by atoms with van der Waals surface area (Å²) >= 11 is 0. The van der Waals surface area contributed by atoms with Crippen LogP contribution in [-0.4, -0.2) is 41.6 Å². The Kier molecular flexibility index (Phi) is 4.53. The number of aryl methyl sites for hydroxylation is 1. The molecule has 0 saturated carbocycles. The Bertz CT molecular complexity index is 660. The zero-order chi connectivity index (χ0) is 14.6. The van der Waals surface area contributed by atoms with Crippen molar-refractivity contribution in [2.75, 3.05) is 13.6 Å². The number of aromatic nitrogens is 4. The van der Waals surface area contributed by atoms with Gasteiger partial charge in [-0.25, -0.2) is 13.1 Å². The average molecular weight is 298 g/mol. The van der Waals surface area contributed by atoms with E-state index in [2.05, 4.69) is 20.2 Å². The minimum atomic E-state index is -3.54. The minimum Gasteiger partial charge on any atom is -0.318 e. The maximum absolute atomic E-state index is 12.1. The molecule has 2 N–H and O–H groups in total. The highest BCUT2D eigenvalue weighted by Gasteiger charge is 2.16. The van der Waals surface area contributed by atoms with Crippen LogP contribution >= 0.6 is 0 Å². The van der Waals surface area contributed by atoms with Crippen LogP contribution in [0.15, 0.2) is 29.7 Å². The van der Waals surface area contributed by atoms with Gasteiger partial charge in [0.05, 0.1) is 18.9 Å². The Labute approximate surface area is 117 Å². The molecule has 0 aliphatic rings. The Morgan fingerprint density at radius 1 is 1.25 bits per heavy atom. The molecule has 0 unspecified atom stereocenters. The molecule has 9 heteroatoms. The summed E-state index contributed by atoms with van der Waals surface area (Å²) in [6.45, 7) is 1.55. The van der Waals surface area contributed by atoms with Gasteiger partial charge in [0.15, 0.2) is 0 Å². The van der Waals surface area contributed by atoms with Gasteiger partial charge in [-0.3, -0.25) is 9.36 Å². The molecule has 0 amide bonds. The van der Waals surface area contributed by atoms with Crippen LogP contribution in [0, 0.1) is 0 Å². The van der Waals surface area contributed by atoms with Crippen molar-refractivity contribution in [1.82, 2.24) is 29.6 Å². The van der Waals surface area contributed by atoms with Crippen molar-refractivity contribution in [1.29, 1.82) is 0 Å². The fraction of sp³-hybridized carbons (Fsp3) is 0.455. The summed E-state index contributed by atoms with van der Waals surface area (Å²) in [6.07, 6.45) is 6.25. The third kappa shape index (κ3) is 3.65. The third-order valence-corrected chi connectivity index (χ3v) is 4.09. The maximum Gasteiger partial charge on any atom is 0.243 e. The summed E-state index contributed by atoms with van der Waals surface area (Å²) in [5.74, 6) is 0. The van der Waals surface area contributed by atoms with Gasteiger partial charge in [-0.2, -0.15) is 10.2 Å². The molecule has 0 fully saturated rings. The van der Waals surface area contributed by atoms with Crippen LogP contribution in [0.3, 0.4) is 0 Å². The first-order valence-corrected chi connectivity index (χ1v) is 7.64. The van der Waals surface area contributed by atoms with Crippen molar-refractivity contribution in [3.8, 4) is 0 Å². The minimum absolute atomic E-state index is 0.164. The van der Waals surface area contributed by atoms with Crippen molar-refractivity contribution < 1.29 is 8.42 Å². The Morgan fingerprint density at radius 2 is 2.05 bits per heavy atom. The third-order valence-electron chi connectivity index (χ3n) is 2.74. The zero-order valence-electron chi connectivity index (χ0n) is 11.4. The number of nitrogens with zero attached hydrogens (tertiary/aromatic N) is 4. The van der Waals surface area contributed by atoms with Crippen LogP contribution in [-0.2, 0) is 30.2 Å². The zero-order valence-corrected chi connectivity index (χ0v) is 12.3. The molecular formula is C11H18N6O2S. The molecule has 110 valence electrons. The van der Waals surface area contributed by atoms with Crippen LogP contribution < -0.4 is 10.0 Å². The highest BCUT2D eigenvalue weighted by atomic mass is 32.2. The lowest BCUT2D eigenvalue weighted by atomic mass is 10.4. The largest absolute Gasteiger partial charge is 0.318 e. The molecule has 0 aliphatic heterocycles. The van der Waals surface area contributed by atoms with Crippen molar-refractivity contribution in [3.05, 3.63) is 30.4 Å². The van der Waals surface area contributed by atoms with Gasteiger partial charge < -0.3 is 5.32 Å². The topological polar surface area (TPSA) is 93.8 Å². The van der Waals surface area contributed by atoms with Gasteiger partial charge in [0.1, 0.15) is 4.90 Å². The lowest BCUT2D eigenvalue weighted by Crippen LogP contribution is -2.22. The molecule has 8 nitrogen and oxygen atoms in total. The van der Waals surface area contributed by atoms with E-state index in [-0.39, 0.29) is 11.4 Å². The van der Waals surface area contributed by atoms with E-state index in [1.54, 1.807) is 28.8 Å². The monoisotopic (exact) mass is 298 g/mol. The summed E-state index contributed by atoms with van der Waals surface area (Å²) in [5.41, 5.74) is 0.804. The lowest BCUT2D eigenvalue weighted by molar-refractivity contribution is 0.576. The van der Waals surface area contributed by atoms with E-state index in [0.29, 0.717) is 6.54 Å². The highest BCUT2D eigenvalue weighted by Crippen LogP contribution is 2.08. The van der Waals surface area contributed by atoms with E-state index >= 15 is 0 Å². The number of sulfonamides is 1. The molecule has 2 aromatic heterocycles. The van der Waals surface area contributed by atoms with E-state index in [4.69, 9.17) is 0 Å². The second-order valence-corrected chi connectivity index (χ2v) is 6.16. The van der Waals surface area contributed by atoms with Gasteiger partial charge in [-0.15, -0.1) is 0 Å². The molecule has 0 saturated heterocycles. The Balaban J connectivity index is 2.00. The van der Waals surface area contributed by atoms with Crippen LogP contribution in [0.5, 0.6) is 0 Å². The van der Waals surface area contributed by atoms with Crippen LogP contribution in [0.1, 0.15) is 5.56 Å². The standard InChI is InChI=1S/C11H18N6O2S/c1-12-3-4-17-9-11(7-14-17)20(18,19)15-6-10-5-13-16(2)8-10/h5,7-9,12,15H,3-4,6H2,1-2H3. The first kappa shape index (κ1) is 14.7. The number of hydrogen-bond acceptors (Lipinski definition) is 5. The van der Waals surface area contributed by atoms with Crippen molar-refractivity contribution in [2.45, 2.75) is 18.0 Å². The molecule has 2 aromatic rings. The maximum atomic E-state index is 12.1. The molecule has 0 atom stereocenters. The van der Waals surface area contributed by atoms with E-state index in [9.17, 15) is 8.42 Å². The van der Waals surface area contributed by atoms with E-state index in [1.807, 2.05) is 7.05 Å². The fourth-order valence-corrected chi connectivity index (χ4v) is 2.63. The first-order chi connectivity index (χ1) is 9.51. The van der Waals surface area contributed by atoms with E-state index in [0.717, 1.165) is 12.1 Å². The lowest BCUT2D eigenvalue weighted by Gasteiger charge is -2.02. The van der Waals surface area contributed by atoms with Crippen molar-refractivity contribution >= 4 is 10.0 Å². The van der Waals surface area contributed by atoms with E-state index < -0.39 is 10.0 Å². The molecule has 2 heterocycles.